The zero-order chi connectivity index (χ0) is 14.2. The van der Waals surface area contributed by atoms with E-state index in [1.165, 1.54) is 11.1 Å². The molecule has 2 atom stereocenters. The highest BCUT2D eigenvalue weighted by Gasteiger charge is 2.15. The Morgan fingerprint density at radius 1 is 0.950 bits per heavy atom. The molecule has 0 saturated carbocycles. The number of hydrogen-bond donors (Lipinski definition) is 2. The molecule has 0 radical (unpaired) electrons. The molecule has 0 aromatic heterocycles. The number of hydrogen-bond acceptors (Lipinski definition) is 2. The van der Waals surface area contributed by atoms with Crippen LogP contribution in [0.15, 0.2) is 60.7 Å². The van der Waals surface area contributed by atoms with Gasteiger partial charge in [-0.05, 0) is 17.5 Å². The minimum absolute atomic E-state index is 0.102. The Kier molecular flexibility index (Phi) is 6.06. The maximum absolute atomic E-state index is 9.81. The first-order valence-corrected chi connectivity index (χ1v) is 7.39. The van der Waals surface area contributed by atoms with Gasteiger partial charge >= 0.3 is 0 Å². The monoisotopic (exact) mass is 289 g/mol. The van der Waals surface area contributed by atoms with Crippen LogP contribution in [0.1, 0.15) is 23.6 Å². The summed E-state index contributed by atoms with van der Waals surface area (Å²) in [6.45, 7) is 0.773. The van der Waals surface area contributed by atoms with Crippen molar-refractivity contribution in [3.05, 3.63) is 71.8 Å². The molecule has 2 nitrogen and oxygen atoms in total. The summed E-state index contributed by atoms with van der Waals surface area (Å²) < 4.78 is 0. The number of aliphatic hydroxyl groups excluding tert-OH is 1. The largest absolute Gasteiger partial charge is 0.392 e. The van der Waals surface area contributed by atoms with E-state index in [-0.39, 0.29) is 11.9 Å². The molecule has 0 bridgehead atoms. The van der Waals surface area contributed by atoms with Crippen molar-refractivity contribution in [2.75, 3.05) is 5.88 Å². The standard InChI is InChI=1S/C17H20ClNO/c18-12-16(20)11-17(15-9-5-2-6-10-15)19-13-14-7-3-1-4-8-14/h1-10,16-17,19-20H,11-13H2/t16-,17-/m1/s1. The van der Waals surface area contributed by atoms with Gasteiger partial charge in [-0.3, -0.25) is 0 Å². The Labute approximate surface area is 125 Å². The van der Waals surface area contributed by atoms with Crippen LogP contribution in [0.3, 0.4) is 0 Å². The third-order valence-corrected chi connectivity index (χ3v) is 3.64. The highest BCUT2D eigenvalue weighted by atomic mass is 35.5. The predicted molar refractivity (Wildman–Crippen MR) is 83.8 cm³/mol. The third kappa shape index (κ3) is 4.64. The Morgan fingerprint density at radius 2 is 1.55 bits per heavy atom. The number of rotatable bonds is 7. The van der Waals surface area contributed by atoms with Crippen LogP contribution in [-0.4, -0.2) is 17.1 Å². The predicted octanol–water partition coefficient (Wildman–Crippen LogP) is 3.51. The number of alkyl halides is 1. The second kappa shape index (κ2) is 8.05. The molecule has 2 aromatic rings. The second-order valence-corrected chi connectivity index (χ2v) is 5.18. The fourth-order valence-corrected chi connectivity index (χ4v) is 2.32. The van der Waals surface area contributed by atoms with Crippen LogP contribution in [0.4, 0.5) is 0 Å². The minimum atomic E-state index is -0.495. The smallest absolute Gasteiger partial charge is 0.0693 e. The average Bonchev–Trinajstić information content (AvgIpc) is 2.53. The first kappa shape index (κ1) is 15.0. The van der Waals surface area contributed by atoms with Gasteiger partial charge in [-0.15, -0.1) is 11.6 Å². The molecule has 20 heavy (non-hydrogen) atoms. The number of nitrogens with one attached hydrogen (secondary N) is 1. The molecule has 0 heterocycles. The van der Waals surface area contributed by atoms with Crippen molar-refractivity contribution in [2.45, 2.75) is 25.1 Å². The molecule has 106 valence electrons. The van der Waals surface area contributed by atoms with Gasteiger partial charge in [-0.2, -0.15) is 0 Å². The first-order valence-electron chi connectivity index (χ1n) is 6.86. The van der Waals surface area contributed by atoms with E-state index in [9.17, 15) is 5.11 Å². The third-order valence-electron chi connectivity index (χ3n) is 3.28. The van der Waals surface area contributed by atoms with Crippen molar-refractivity contribution in [1.82, 2.24) is 5.32 Å². The van der Waals surface area contributed by atoms with Crippen LogP contribution in [-0.2, 0) is 6.54 Å². The number of halogens is 1. The summed E-state index contributed by atoms with van der Waals surface area (Å²) in [5, 5.41) is 13.3. The summed E-state index contributed by atoms with van der Waals surface area (Å²) >= 11 is 5.72. The molecule has 0 aliphatic carbocycles. The molecule has 2 N–H and O–H groups in total. The molecule has 2 rings (SSSR count). The molecule has 2 aromatic carbocycles. The lowest BCUT2D eigenvalue weighted by atomic mass is 10.0. The van der Waals surface area contributed by atoms with Gasteiger partial charge in [-0.1, -0.05) is 60.7 Å². The molecule has 0 spiro atoms. The minimum Gasteiger partial charge on any atom is -0.392 e. The lowest BCUT2D eigenvalue weighted by Crippen LogP contribution is -2.26. The van der Waals surface area contributed by atoms with E-state index in [4.69, 9.17) is 11.6 Å². The number of benzene rings is 2. The van der Waals surface area contributed by atoms with E-state index < -0.39 is 6.10 Å². The van der Waals surface area contributed by atoms with Crippen molar-refractivity contribution < 1.29 is 5.11 Å². The van der Waals surface area contributed by atoms with Crippen molar-refractivity contribution >= 4 is 11.6 Å². The van der Waals surface area contributed by atoms with Crippen molar-refractivity contribution in [2.24, 2.45) is 0 Å². The van der Waals surface area contributed by atoms with Crippen molar-refractivity contribution in [3.63, 3.8) is 0 Å². The lowest BCUT2D eigenvalue weighted by Gasteiger charge is -2.21. The van der Waals surface area contributed by atoms with E-state index in [0.29, 0.717) is 6.42 Å². The Bertz CT molecular complexity index is 489. The Balaban J connectivity index is 2.03. The summed E-state index contributed by atoms with van der Waals surface area (Å²) in [5.41, 5.74) is 2.40. The van der Waals surface area contributed by atoms with E-state index >= 15 is 0 Å². The van der Waals surface area contributed by atoms with Crippen LogP contribution in [0.25, 0.3) is 0 Å². The molecule has 0 aliphatic heterocycles. The number of aliphatic hydroxyl groups is 1. The molecule has 0 aliphatic rings. The Morgan fingerprint density at radius 3 is 2.15 bits per heavy atom. The van der Waals surface area contributed by atoms with Crippen LogP contribution in [0.5, 0.6) is 0 Å². The van der Waals surface area contributed by atoms with Crippen LogP contribution in [0.2, 0.25) is 0 Å². The van der Waals surface area contributed by atoms with Gasteiger partial charge < -0.3 is 10.4 Å². The Hall–Kier alpha value is -1.35. The summed E-state index contributed by atoms with van der Waals surface area (Å²) in [6.07, 6.45) is 0.116. The van der Waals surface area contributed by atoms with Gasteiger partial charge in [0.15, 0.2) is 0 Å². The summed E-state index contributed by atoms with van der Waals surface area (Å²) in [5.74, 6) is 0.260. The topological polar surface area (TPSA) is 32.3 Å². The van der Waals surface area contributed by atoms with E-state index in [0.717, 1.165) is 6.54 Å². The zero-order valence-electron chi connectivity index (χ0n) is 11.4. The van der Waals surface area contributed by atoms with Gasteiger partial charge in [0.1, 0.15) is 0 Å². The molecular formula is C17H20ClNO. The fraction of sp³-hybridized carbons (Fsp3) is 0.294. The lowest BCUT2D eigenvalue weighted by molar-refractivity contribution is 0.170. The maximum atomic E-state index is 9.81. The molecule has 0 saturated heterocycles. The van der Waals surface area contributed by atoms with Gasteiger partial charge in [0.2, 0.25) is 0 Å². The van der Waals surface area contributed by atoms with E-state index in [2.05, 4.69) is 29.6 Å². The van der Waals surface area contributed by atoms with Crippen LogP contribution >= 0.6 is 11.6 Å². The van der Waals surface area contributed by atoms with Crippen LogP contribution < -0.4 is 5.32 Å². The van der Waals surface area contributed by atoms with E-state index in [1.807, 2.05) is 36.4 Å². The highest BCUT2D eigenvalue weighted by molar-refractivity contribution is 6.18. The van der Waals surface area contributed by atoms with Gasteiger partial charge in [0, 0.05) is 18.5 Å². The molecule has 0 fully saturated rings. The molecule has 3 heteroatoms. The first-order chi connectivity index (χ1) is 9.79. The maximum Gasteiger partial charge on any atom is 0.0693 e. The SMILES string of the molecule is O[C@@H](CCl)C[C@@H](NCc1ccccc1)c1ccccc1. The quantitative estimate of drug-likeness (QED) is 0.765. The molecule has 0 unspecified atom stereocenters. The molecular weight excluding hydrogens is 270 g/mol. The summed E-state index contributed by atoms with van der Waals surface area (Å²) in [6, 6.07) is 20.5. The molecule has 0 amide bonds. The zero-order valence-corrected chi connectivity index (χ0v) is 12.1. The van der Waals surface area contributed by atoms with Crippen LogP contribution in [0, 0.1) is 0 Å². The second-order valence-electron chi connectivity index (χ2n) is 4.87. The normalized spacial score (nSPS) is 13.9. The van der Waals surface area contributed by atoms with Gasteiger partial charge in [-0.25, -0.2) is 0 Å². The summed E-state index contributed by atoms with van der Waals surface area (Å²) in [7, 11) is 0. The highest BCUT2D eigenvalue weighted by Crippen LogP contribution is 2.19. The summed E-state index contributed by atoms with van der Waals surface area (Å²) in [4.78, 5) is 0. The van der Waals surface area contributed by atoms with Crippen molar-refractivity contribution in [3.8, 4) is 0 Å². The van der Waals surface area contributed by atoms with Gasteiger partial charge in [0.05, 0.1) is 6.10 Å². The average molecular weight is 290 g/mol. The fourth-order valence-electron chi connectivity index (χ4n) is 2.19. The van der Waals surface area contributed by atoms with E-state index in [1.54, 1.807) is 0 Å². The van der Waals surface area contributed by atoms with Crippen molar-refractivity contribution in [1.29, 1.82) is 0 Å². The van der Waals surface area contributed by atoms with Gasteiger partial charge in [0.25, 0.3) is 0 Å².